The van der Waals surface area contributed by atoms with Gasteiger partial charge in [-0.2, -0.15) is 4.31 Å². The molecule has 0 saturated carbocycles. The Morgan fingerprint density at radius 2 is 2.00 bits per heavy atom. The van der Waals surface area contributed by atoms with Crippen LogP contribution in [0.15, 0.2) is 56.0 Å². The van der Waals surface area contributed by atoms with E-state index in [4.69, 9.17) is 9.15 Å². The van der Waals surface area contributed by atoms with Gasteiger partial charge in [0, 0.05) is 25.7 Å². The molecule has 164 valence electrons. The molecule has 31 heavy (non-hydrogen) atoms. The van der Waals surface area contributed by atoms with Gasteiger partial charge in [0.2, 0.25) is 10.0 Å². The van der Waals surface area contributed by atoms with E-state index in [-0.39, 0.29) is 28.6 Å². The van der Waals surface area contributed by atoms with Crippen LogP contribution in [0.4, 0.5) is 5.69 Å². The Hall–Kier alpha value is -2.74. The normalized spacial score (nSPS) is 15.3. The maximum absolute atomic E-state index is 12.9. The van der Waals surface area contributed by atoms with Crippen LogP contribution in [0, 0.1) is 10.1 Å². The van der Waals surface area contributed by atoms with E-state index in [2.05, 4.69) is 10.2 Å². The number of ether oxygens (including phenoxy) is 1. The number of benzene rings is 1. The zero-order valence-electron chi connectivity index (χ0n) is 16.5. The van der Waals surface area contributed by atoms with Crippen molar-refractivity contribution in [1.82, 2.24) is 19.1 Å². The fraction of sp³-hybridized carbons (Fsp3) is 0.333. The minimum atomic E-state index is -3.85. The maximum atomic E-state index is 12.9. The zero-order valence-corrected chi connectivity index (χ0v) is 18.1. The van der Waals surface area contributed by atoms with Gasteiger partial charge in [-0.15, -0.1) is 10.2 Å². The predicted molar refractivity (Wildman–Crippen MR) is 110 cm³/mol. The minimum absolute atomic E-state index is 0.126. The van der Waals surface area contributed by atoms with Crippen molar-refractivity contribution in [2.45, 2.75) is 28.4 Å². The minimum Gasteiger partial charge on any atom is -0.461 e. The molecule has 0 atom stereocenters. The van der Waals surface area contributed by atoms with Gasteiger partial charge in [-0.1, -0.05) is 0 Å². The molecule has 0 spiro atoms. The number of nitro benzene ring substituents is 1. The van der Waals surface area contributed by atoms with Crippen LogP contribution in [0.3, 0.4) is 0 Å². The van der Waals surface area contributed by atoms with Crippen molar-refractivity contribution in [3.05, 3.63) is 46.7 Å². The standard InChI is InChI=1S/C18H19N5O6S2/c1-2-22-17(15-4-3-9-29-15)19-20-18(22)30-16-6-5-13(12-14(16)23(24)25)31(26,27)21-7-10-28-11-8-21/h3-6,9,12H,2,7-8,10-11H2,1H3. The Bertz CT molecular complexity index is 1190. The van der Waals surface area contributed by atoms with E-state index in [1.807, 2.05) is 6.92 Å². The molecule has 0 amide bonds. The lowest BCUT2D eigenvalue weighted by Gasteiger charge is -2.26. The Kier molecular flexibility index (Phi) is 6.09. The van der Waals surface area contributed by atoms with E-state index in [1.165, 1.54) is 22.7 Å². The number of furan rings is 1. The van der Waals surface area contributed by atoms with E-state index in [0.29, 0.717) is 36.5 Å². The number of aromatic nitrogens is 3. The number of sulfonamides is 1. The molecule has 3 aromatic rings. The largest absolute Gasteiger partial charge is 0.461 e. The molecule has 2 aromatic heterocycles. The average Bonchev–Trinajstić information content (AvgIpc) is 3.44. The Morgan fingerprint density at radius 3 is 2.65 bits per heavy atom. The first kappa shape index (κ1) is 21.5. The van der Waals surface area contributed by atoms with Crippen molar-refractivity contribution in [3.8, 4) is 11.6 Å². The van der Waals surface area contributed by atoms with E-state index < -0.39 is 14.9 Å². The molecule has 0 bridgehead atoms. The number of rotatable bonds is 7. The maximum Gasteiger partial charge on any atom is 0.284 e. The molecular weight excluding hydrogens is 446 g/mol. The molecule has 1 aliphatic heterocycles. The molecule has 3 heterocycles. The van der Waals surface area contributed by atoms with Crippen LogP contribution in [0.2, 0.25) is 0 Å². The van der Waals surface area contributed by atoms with Crippen LogP contribution in [0.1, 0.15) is 6.92 Å². The molecule has 0 unspecified atom stereocenters. The van der Waals surface area contributed by atoms with Crippen molar-refractivity contribution >= 4 is 27.5 Å². The van der Waals surface area contributed by atoms with Gasteiger partial charge < -0.3 is 9.15 Å². The number of hydrogen-bond donors (Lipinski definition) is 0. The van der Waals surface area contributed by atoms with Crippen molar-refractivity contribution in [2.24, 2.45) is 0 Å². The summed E-state index contributed by atoms with van der Waals surface area (Å²) in [6, 6.07) is 7.37. The van der Waals surface area contributed by atoms with E-state index >= 15 is 0 Å². The monoisotopic (exact) mass is 465 g/mol. The molecule has 13 heteroatoms. The lowest BCUT2D eigenvalue weighted by molar-refractivity contribution is -0.388. The second kappa shape index (κ2) is 8.78. The summed E-state index contributed by atoms with van der Waals surface area (Å²) >= 11 is 1.04. The van der Waals surface area contributed by atoms with E-state index in [1.54, 1.807) is 16.7 Å². The first-order valence-corrected chi connectivity index (χ1v) is 11.7. The van der Waals surface area contributed by atoms with Crippen LogP contribution in [0.5, 0.6) is 0 Å². The third-order valence-corrected chi connectivity index (χ3v) is 7.66. The highest BCUT2D eigenvalue weighted by molar-refractivity contribution is 7.99. The van der Waals surface area contributed by atoms with Crippen molar-refractivity contribution in [3.63, 3.8) is 0 Å². The zero-order chi connectivity index (χ0) is 22.0. The Morgan fingerprint density at radius 1 is 1.23 bits per heavy atom. The molecule has 0 radical (unpaired) electrons. The van der Waals surface area contributed by atoms with Gasteiger partial charge in [0.15, 0.2) is 16.7 Å². The van der Waals surface area contributed by atoms with Crippen LogP contribution in [-0.4, -0.2) is 58.7 Å². The van der Waals surface area contributed by atoms with Crippen LogP contribution >= 0.6 is 11.8 Å². The SMILES string of the molecule is CCn1c(Sc2ccc(S(=O)(=O)N3CCOCC3)cc2[N+](=O)[O-])nnc1-c1ccco1. The van der Waals surface area contributed by atoms with Gasteiger partial charge in [0.25, 0.3) is 5.69 Å². The number of morpholine rings is 1. The summed E-state index contributed by atoms with van der Waals surface area (Å²) < 4.78 is 39.3. The van der Waals surface area contributed by atoms with E-state index in [0.717, 1.165) is 17.8 Å². The highest BCUT2D eigenvalue weighted by atomic mass is 32.2. The molecule has 1 saturated heterocycles. The fourth-order valence-electron chi connectivity index (χ4n) is 3.16. The molecule has 1 fully saturated rings. The van der Waals surface area contributed by atoms with Crippen molar-refractivity contribution in [1.29, 1.82) is 0 Å². The number of nitrogens with zero attached hydrogens (tertiary/aromatic N) is 5. The lowest BCUT2D eigenvalue weighted by atomic mass is 10.3. The van der Waals surface area contributed by atoms with Gasteiger partial charge in [-0.3, -0.25) is 14.7 Å². The van der Waals surface area contributed by atoms with Gasteiger partial charge in [-0.05, 0) is 43.0 Å². The van der Waals surface area contributed by atoms with Crippen LogP contribution in [0.25, 0.3) is 11.6 Å². The first-order chi connectivity index (χ1) is 14.9. The van der Waals surface area contributed by atoms with Crippen LogP contribution in [-0.2, 0) is 21.3 Å². The van der Waals surface area contributed by atoms with E-state index in [9.17, 15) is 18.5 Å². The third-order valence-electron chi connectivity index (χ3n) is 4.71. The summed E-state index contributed by atoms with van der Waals surface area (Å²) in [6.45, 7) is 3.42. The van der Waals surface area contributed by atoms with Crippen LogP contribution < -0.4 is 0 Å². The summed E-state index contributed by atoms with van der Waals surface area (Å²) in [6.07, 6.45) is 1.52. The number of nitro groups is 1. The highest BCUT2D eigenvalue weighted by Gasteiger charge is 2.29. The molecule has 0 aliphatic carbocycles. The Labute approximate surface area is 182 Å². The molecule has 1 aliphatic rings. The van der Waals surface area contributed by atoms with Crippen molar-refractivity contribution < 1.29 is 22.5 Å². The summed E-state index contributed by atoms with van der Waals surface area (Å²) in [5.41, 5.74) is -0.315. The predicted octanol–water partition coefficient (Wildman–Crippen LogP) is 2.64. The van der Waals surface area contributed by atoms with Crippen molar-refractivity contribution in [2.75, 3.05) is 26.3 Å². The van der Waals surface area contributed by atoms with Gasteiger partial charge in [0.05, 0.1) is 34.2 Å². The lowest BCUT2D eigenvalue weighted by Crippen LogP contribution is -2.40. The fourth-order valence-corrected chi connectivity index (χ4v) is 5.57. The number of hydrogen-bond acceptors (Lipinski definition) is 9. The van der Waals surface area contributed by atoms with Gasteiger partial charge in [-0.25, -0.2) is 8.42 Å². The second-order valence-electron chi connectivity index (χ2n) is 6.53. The second-order valence-corrected chi connectivity index (χ2v) is 9.48. The average molecular weight is 466 g/mol. The first-order valence-electron chi connectivity index (χ1n) is 9.43. The smallest absolute Gasteiger partial charge is 0.284 e. The molecule has 4 rings (SSSR count). The highest BCUT2D eigenvalue weighted by Crippen LogP contribution is 2.37. The quantitative estimate of drug-likeness (QED) is 0.381. The summed E-state index contributed by atoms with van der Waals surface area (Å²) in [5, 5.41) is 20.4. The Balaban J connectivity index is 1.68. The van der Waals surface area contributed by atoms with Gasteiger partial charge in [0.1, 0.15) is 0 Å². The molecule has 11 nitrogen and oxygen atoms in total. The molecule has 0 N–H and O–H groups in total. The molecular formula is C18H19N5O6S2. The molecule has 1 aromatic carbocycles. The third kappa shape index (κ3) is 4.21. The topological polar surface area (TPSA) is 134 Å². The van der Waals surface area contributed by atoms with Gasteiger partial charge >= 0.3 is 0 Å². The summed E-state index contributed by atoms with van der Waals surface area (Å²) in [5.74, 6) is 1.03. The summed E-state index contributed by atoms with van der Waals surface area (Å²) in [7, 11) is -3.85. The summed E-state index contributed by atoms with van der Waals surface area (Å²) in [4.78, 5) is 11.3.